The molecule has 0 saturated heterocycles. The fourth-order valence-electron chi connectivity index (χ4n) is 7.54. The second kappa shape index (κ2) is 10.6. The van der Waals surface area contributed by atoms with Crippen molar-refractivity contribution in [3.63, 3.8) is 0 Å². The van der Waals surface area contributed by atoms with Gasteiger partial charge in [0.2, 0.25) is 0 Å². The number of rotatable bonds is 5. The van der Waals surface area contributed by atoms with Gasteiger partial charge in [0.25, 0.3) is 0 Å². The molecule has 0 bridgehead atoms. The van der Waals surface area contributed by atoms with Gasteiger partial charge >= 0.3 is 0 Å². The van der Waals surface area contributed by atoms with Gasteiger partial charge < -0.3 is 5.32 Å². The van der Waals surface area contributed by atoms with Crippen molar-refractivity contribution in [1.29, 1.82) is 0 Å². The largest absolute Gasteiger partial charge is 0.355 e. The van der Waals surface area contributed by atoms with Crippen LogP contribution in [0.1, 0.15) is 25.0 Å². The lowest BCUT2D eigenvalue weighted by Gasteiger charge is -2.30. The van der Waals surface area contributed by atoms with Crippen LogP contribution in [0.2, 0.25) is 0 Å². The van der Waals surface area contributed by atoms with Gasteiger partial charge in [0.05, 0.1) is 11.4 Å². The zero-order valence-corrected chi connectivity index (χ0v) is 26.4. The number of aromatic nitrogens is 1. The average Bonchev–Trinajstić information content (AvgIpc) is 3.35. The Morgan fingerprint density at radius 2 is 1.19 bits per heavy atom. The Hall–Kier alpha value is -5.93. The Bertz CT molecular complexity index is 2460. The predicted molar refractivity (Wildman–Crippen MR) is 199 cm³/mol. The van der Waals surface area contributed by atoms with E-state index in [1.165, 1.54) is 33.0 Å². The van der Waals surface area contributed by atoms with Crippen LogP contribution in [0.3, 0.4) is 0 Å². The van der Waals surface area contributed by atoms with E-state index in [1.807, 2.05) is 6.20 Å². The summed E-state index contributed by atoms with van der Waals surface area (Å²) in [5.41, 5.74) is 9.53. The molecule has 224 valence electrons. The smallest absolute Gasteiger partial charge is 0.138 e. The first-order valence-corrected chi connectivity index (χ1v) is 16.2. The van der Waals surface area contributed by atoms with Gasteiger partial charge in [-0.15, -0.1) is 0 Å². The molecule has 1 heterocycles. The number of para-hydroxylation sites is 2. The lowest BCUT2D eigenvalue weighted by Crippen LogP contribution is -2.15. The summed E-state index contributed by atoms with van der Waals surface area (Å²) in [4.78, 5) is 7.45. The van der Waals surface area contributed by atoms with E-state index in [4.69, 9.17) is 4.98 Å². The van der Waals surface area contributed by atoms with E-state index in [1.54, 1.807) is 0 Å². The number of fused-ring (bicyclic) bond motifs is 6. The molecule has 0 fully saturated rings. The highest BCUT2D eigenvalue weighted by molar-refractivity contribution is 6.23. The normalized spacial score (nSPS) is 13.1. The van der Waals surface area contributed by atoms with Crippen molar-refractivity contribution in [2.75, 3.05) is 10.2 Å². The molecule has 0 spiro atoms. The van der Waals surface area contributed by atoms with Gasteiger partial charge in [-0.2, -0.15) is 0 Å². The second-order valence-corrected chi connectivity index (χ2v) is 12.9. The summed E-state index contributed by atoms with van der Waals surface area (Å²) in [6.45, 7) is 4.70. The number of nitrogens with zero attached hydrogens (tertiary/aromatic N) is 2. The Labute approximate surface area is 274 Å². The third kappa shape index (κ3) is 4.31. The van der Waals surface area contributed by atoms with Crippen LogP contribution in [0, 0.1) is 0 Å². The molecule has 9 rings (SSSR count). The Morgan fingerprint density at radius 3 is 2.00 bits per heavy atom. The molecule has 47 heavy (non-hydrogen) atoms. The van der Waals surface area contributed by atoms with Crippen LogP contribution in [0.25, 0.3) is 43.4 Å². The molecule has 1 aromatic heterocycles. The van der Waals surface area contributed by atoms with Gasteiger partial charge in [0, 0.05) is 49.9 Å². The average molecular weight is 604 g/mol. The van der Waals surface area contributed by atoms with Crippen LogP contribution >= 0.6 is 0 Å². The summed E-state index contributed by atoms with van der Waals surface area (Å²) >= 11 is 0. The van der Waals surface area contributed by atoms with Crippen LogP contribution in [-0.2, 0) is 5.41 Å². The monoisotopic (exact) mass is 603 g/mol. The summed E-state index contributed by atoms with van der Waals surface area (Å²) in [6, 6.07) is 54.4. The Balaban J connectivity index is 1.44. The van der Waals surface area contributed by atoms with E-state index in [-0.39, 0.29) is 5.41 Å². The van der Waals surface area contributed by atoms with Crippen molar-refractivity contribution in [3.8, 4) is 11.1 Å². The van der Waals surface area contributed by atoms with Crippen LogP contribution in [-0.4, -0.2) is 4.98 Å². The maximum Gasteiger partial charge on any atom is 0.138 e. The molecular formula is C44H33N3. The Kier molecular flexibility index (Phi) is 6.16. The molecule has 0 unspecified atom stereocenters. The Morgan fingerprint density at radius 1 is 0.532 bits per heavy atom. The topological polar surface area (TPSA) is 28.2 Å². The van der Waals surface area contributed by atoms with Crippen molar-refractivity contribution < 1.29 is 0 Å². The number of anilines is 5. The van der Waals surface area contributed by atoms with Crippen LogP contribution in [0.15, 0.2) is 158 Å². The summed E-state index contributed by atoms with van der Waals surface area (Å²) < 4.78 is 0. The van der Waals surface area contributed by atoms with E-state index in [0.29, 0.717) is 0 Å². The molecule has 1 N–H and O–H groups in total. The number of benzene rings is 7. The zero-order chi connectivity index (χ0) is 31.5. The van der Waals surface area contributed by atoms with Gasteiger partial charge in [0.1, 0.15) is 5.82 Å². The maximum atomic E-state index is 5.11. The third-order valence-corrected chi connectivity index (χ3v) is 9.82. The number of pyridine rings is 1. The van der Waals surface area contributed by atoms with Crippen LogP contribution < -0.4 is 10.2 Å². The van der Waals surface area contributed by atoms with Crippen LogP contribution in [0.5, 0.6) is 0 Å². The van der Waals surface area contributed by atoms with Crippen molar-refractivity contribution >= 4 is 60.9 Å². The highest BCUT2D eigenvalue weighted by Crippen LogP contribution is 2.54. The molecule has 7 aromatic carbocycles. The van der Waals surface area contributed by atoms with Gasteiger partial charge in [-0.1, -0.05) is 123 Å². The first kappa shape index (κ1) is 27.4. The van der Waals surface area contributed by atoms with E-state index < -0.39 is 0 Å². The lowest BCUT2D eigenvalue weighted by molar-refractivity contribution is 0.661. The van der Waals surface area contributed by atoms with Gasteiger partial charge in [-0.05, 0) is 70.1 Å². The highest BCUT2D eigenvalue weighted by atomic mass is 15.2. The fraction of sp³-hybridized carbons (Fsp3) is 0.0682. The number of hydrogen-bond donors (Lipinski definition) is 1. The zero-order valence-electron chi connectivity index (χ0n) is 26.4. The van der Waals surface area contributed by atoms with E-state index in [9.17, 15) is 0 Å². The summed E-state index contributed by atoms with van der Waals surface area (Å²) in [7, 11) is 0. The third-order valence-electron chi connectivity index (χ3n) is 9.82. The molecule has 0 amide bonds. The molecule has 3 nitrogen and oxygen atoms in total. The second-order valence-electron chi connectivity index (χ2n) is 12.9. The predicted octanol–water partition coefficient (Wildman–Crippen LogP) is 12.1. The molecule has 0 saturated carbocycles. The molecule has 1 aliphatic rings. The minimum absolute atomic E-state index is 0.130. The maximum absolute atomic E-state index is 5.11. The summed E-state index contributed by atoms with van der Waals surface area (Å²) in [6.07, 6.45) is 1.99. The van der Waals surface area contributed by atoms with Gasteiger partial charge in [-0.3, -0.25) is 4.90 Å². The summed E-state index contributed by atoms with van der Waals surface area (Å²) in [5, 5.41) is 10.8. The van der Waals surface area contributed by atoms with Crippen molar-refractivity contribution in [2.45, 2.75) is 19.3 Å². The fourth-order valence-corrected chi connectivity index (χ4v) is 7.54. The molecule has 8 aromatic rings. The van der Waals surface area contributed by atoms with Crippen molar-refractivity contribution in [3.05, 3.63) is 169 Å². The van der Waals surface area contributed by atoms with E-state index in [2.05, 4.69) is 176 Å². The summed E-state index contributed by atoms with van der Waals surface area (Å²) in [5.74, 6) is 0.881. The molecule has 0 atom stereocenters. The minimum Gasteiger partial charge on any atom is -0.355 e. The molecule has 0 radical (unpaired) electrons. The van der Waals surface area contributed by atoms with Gasteiger partial charge in [0.15, 0.2) is 0 Å². The van der Waals surface area contributed by atoms with Gasteiger partial charge in [-0.25, -0.2) is 4.98 Å². The molecular weight excluding hydrogens is 571 g/mol. The first-order valence-electron chi connectivity index (χ1n) is 16.2. The van der Waals surface area contributed by atoms with E-state index in [0.717, 1.165) is 50.1 Å². The van der Waals surface area contributed by atoms with Crippen LogP contribution in [0.4, 0.5) is 28.6 Å². The van der Waals surface area contributed by atoms with Crippen molar-refractivity contribution in [2.24, 2.45) is 0 Å². The molecule has 1 aliphatic carbocycles. The van der Waals surface area contributed by atoms with Crippen molar-refractivity contribution in [1.82, 2.24) is 4.98 Å². The SMILES string of the molecule is CC1(C)c2ccccc2-c2cc3c(N(c4ccccc4)c4cc5ccccc5cn4)c4ccccc4c(Nc4ccccc4)c3cc21. The number of hydrogen-bond acceptors (Lipinski definition) is 3. The standard InChI is InChI=1S/C44H33N3/c1-44(2)39-24-14-13-21-33(39)36-26-38-37(27-40(36)44)42(46-31-17-5-3-6-18-31)34-22-11-12-23-35(34)43(38)47(32-19-7-4-8-20-32)41-25-29-15-9-10-16-30(29)28-45-41/h3-28,46H,1-2H3. The number of nitrogens with one attached hydrogen (secondary N) is 1. The molecule has 3 heteroatoms. The molecule has 0 aliphatic heterocycles. The first-order chi connectivity index (χ1) is 23.1. The quantitative estimate of drug-likeness (QED) is 0.157. The van der Waals surface area contributed by atoms with E-state index >= 15 is 0 Å². The lowest BCUT2D eigenvalue weighted by atomic mass is 9.81. The minimum atomic E-state index is -0.130. The highest BCUT2D eigenvalue weighted by Gasteiger charge is 2.36.